The Labute approximate surface area is 258 Å². The largest absolute Gasteiger partial charge is 0.461 e. The molecule has 0 radical (unpaired) electrons. The molecule has 2 saturated carbocycles. The van der Waals surface area contributed by atoms with Gasteiger partial charge in [-0.15, -0.1) is 0 Å². The first kappa shape index (κ1) is 35.0. The minimum absolute atomic E-state index is 0.0144. The minimum atomic E-state index is -0.479. The summed E-state index contributed by atoms with van der Waals surface area (Å²) < 4.78 is 11.4. The normalized spacial score (nSPS) is 17.5. The van der Waals surface area contributed by atoms with Gasteiger partial charge in [0.25, 0.3) is 0 Å². The summed E-state index contributed by atoms with van der Waals surface area (Å²) in [5.41, 5.74) is 4.27. The fourth-order valence-corrected chi connectivity index (χ4v) is 5.80. The maximum atomic E-state index is 13.1. The lowest BCUT2D eigenvalue weighted by Crippen LogP contribution is -2.45. The Morgan fingerprint density at radius 3 is 2.09 bits per heavy atom. The Morgan fingerprint density at radius 1 is 0.814 bits per heavy atom. The van der Waals surface area contributed by atoms with Crippen LogP contribution in [0.2, 0.25) is 0 Å². The first-order chi connectivity index (χ1) is 20.8. The average molecular weight is 602 g/mol. The van der Waals surface area contributed by atoms with Gasteiger partial charge >= 0.3 is 5.97 Å². The molecule has 2 unspecified atom stereocenters. The zero-order valence-electron chi connectivity index (χ0n) is 26.7. The third-order valence-corrected chi connectivity index (χ3v) is 8.28. The molecule has 2 aliphatic rings. The topological polar surface area (TPSA) is 115 Å². The van der Waals surface area contributed by atoms with E-state index in [1.165, 1.54) is 19.3 Å². The Kier molecular flexibility index (Phi) is 16.0. The SMILES string of the molecule is CC(C)COC(C)ONC(=O)CCCCCCC(=O)Nc1ccc(CNC(C(=O)OC2CCCC2)C2CCCCC2)cc1. The number of rotatable bonds is 19. The first-order valence-corrected chi connectivity index (χ1v) is 16.7. The molecule has 1 aromatic carbocycles. The molecule has 0 aliphatic heterocycles. The highest BCUT2D eigenvalue weighted by Gasteiger charge is 2.32. The van der Waals surface area contributed by atoms with E-state index in [1.807, 2.05) is 24.3 Å². The van der Waals surface area contributed by atoms with Gasteiger partial charge in [-0.1, -0.05) is 58.1 Å². The smallest absolute Gasteiger partial charge is 0.323 e. The Morgan fingerprint density at radius 2 is 1.44 bits per heavy atom. The molecule has 2 amide bonds. The van der Waals surface area contributed by atoms with Crippen LogP contribution in [0.15, 0.2) is 24.3 Å². The van der Waals surface area contributed by atoms with Crippen molar-refractivity contribution in [2.75, 3.05) is 11.9 Å². The summed E-state index contributed by atoms with van der Waals surface area (Å²) in [5.74, 6) is 0.471. The number of hydrogen-bond acceptors (Lipinski definition) is 7. The number of nitrogens with one attached hydrogen (secondary N) is 3. The van der Waals surface area contributed by atoms with Gasteiger partial charge < -0.3 is 20.1 Å². The van der Waals surface area contributed by atoms with Crippen molar-refractivity contribution in [3.8, 4) is 0 Å². The number of carbonyl (C=O) groups excluding carboxylic acids is 3. The summed E-state index contributed by atoms with van der Waals surface area (Å²) in [6.07, 6.45) is 13.7. The van der Waals surface area contributed by atoms with E-state index in [0.29, 0.717) is 37.8 Å². The van der Waals surface area contributed by atoms with Gasteiger partial charge in [0.05, 0.1) is 6.61 Å². The summed E-state index contributed by atoms with van der Waals surface area (Å²) >= 11 is 0. The van der Waals surface area contributed by atoms with Crippen LogP contribution < -0.4 is 16.1 Å². The zero-order valence-corrected chi connectivity index (χ0v) is 26.7. The van der Waals surface area contributed by atoms with Crippen LogP contribution in [0, 0.1) is 11.8 Å². The second kappa shape index (κ2) is 19.7. The number of ether oxygens (including phenoxy) is 2. The number of esters is 1. The van der Waals surface area contributed by atoms with Crippen molar-refractivity contribution in [3.63, 3.8) is 0 Å². The van der Waals surface area contributed by atoms with E-state index < -0.39 is 6.29 Å². The number of hydrogen-bond donors (Lipinski definition) is 3. The van der Waals surface area contributed by atoms with Crippen molar-refractivity contribution in [3.05, 3.63) is 29.8 Å². The predicted octanol–water partition coefficient (Wildman–Crippen LogP) is 6.56. The van der Waals surface area contributed by atoms with Gasteiger partial charge in [-0.05, 0) is 87.8 Å². The Hall–Kier alpha value is -2.49. The van der Waals surface area contributed by atoms with E-state index in [2.05, 4.69) is 30.0 Å². The molecule has 9 nitrogen and oxygen atoms in total. The van der Waals surface area contributed by atoms with E-state index in [4.69, 9.17) is 14.3 Å². The van der Waals surface area contributed by atoms with E-state index in [-0.39, 0.29) is 29.9 Å². The molecule has 0 bridgehead atoms. The number of anilines is 1. The Bertz CT molecular complexity index is 957. The molecule has 2 atom stereocenters. The van der Waals surface area contributed by atoms with Crippen molar-refractivity contribution < 1.29 is 28.7 Å². The van der Waals surface area contributed by atoms with Crippen LogP contribution in [0.4, 0.5) is 5.69 Å². The highest BCUT2D eigenvalue weighted by molar-refractivity contribution is 5.90. The second-order valence-electron chi connectivity index (χ2n) is 12.7. The standard InChI is InChI=1S/C34H55N3O6/c1-25(2)24-41-26(3)43-37-32(39)18-10-5-4-9-17-31(38)36-29-21-19-27(20-22-29)23-35-33(28-13-7-6-8-14-28)34(40)42-30-15-11-12-16-30/h19-22,25-26,28,30,33,35H,4-18,23-24H2,1-3H3,(H,36,38)(H,37,39). The molecule has 3 rings (SSSR count). The molecule has 242 valence electrons. The van der Waals surface area contributed by atoms with Crippen LogP contribution in [0.5, 0.6) is 0 Å². The van der Waals surface area contributed by atoms with Gasteiger partial charge in [0.15, 0.2) is 6.29 Å². The van der Waals surface area contributed by atoms with Crippen LogP contribution in [-0.2, 0) is 35.2 Å². The van der Waals surface area contributed by atoms with Gasteiger partial charge in [-0.25, -0.2) is 10.3 Å². The van der Waals surface area contributed by atoms with E-state index in [1.54, 1.807) is 6.92 Å². The fourth-order valence-electron chi connectivity index (χ4n) is 5.80. The van der Waals surface area contributed by atoms with Gasteiger partial charge in [-0.3, -0.25) is 14.4 Å². The van der Waals surface area contributed by atoms with Crippen molar-refractivity contribution in [2.45, 2.75) is 142 Å². The van der Waals surface area contributed by atoms with Crippen molar-refractivity contribution in [1.82, 2.24) is 10.8 Å². The van der Waals surface area contributed by atoms with Crippen LogP contribution in [-0.4, -0.2) is 42.8 Å². The Balaban J connectivity index is 1.29. The molecule has 0 spiro atoms. The third-order valence-electron chi connectivity index (χ3n) is 8.28. The molecule has 0 heterocycles. The van der Waals surface area contributed by atoms with Crippen molar-refractivity contribution in [1.29, 1.82) is 0 Å². The molecule has 9 heteroatoms. The van der Waals surface area contributed by atoms with E-state index >= 15 is 0 Å². The number of unbranched alkanes of at least 4 members (excludes halogenated alkanes) is 3. The first-order valence-electron chi connectivity index (χ1n) is 16.7. The summed E-state index contributed by atoms with van der Waals surface area (Å²) in [4.78, 5) is 42.6. The summed E-state index contributed by atoms with van der Waals surface area (Å²) in [6.45, 7) is 7.03. The zero-order chi connectivity index (χ0) is 30.9. The van der Waals surface area contributed by atoms with Gasteiger partial charge in [0.1, 0.15) is 12.1 Å². The summed E-state index contributed by atoms with van der Waals surface area (Å²) in [6, 6.07) is 7.55. The van der Waals surface area contributed by atoms with Crippen molar-refractivity contribution >= 4 is 23.5 Å². The number of carbonyl (C=O) groups is 3. The summed E-state index contributed by atoms with van der Waals surface area (Å²) in [5, 5.41) is 6.48. The molecule has 43 heavy (non-hydrogen) atoms. The van der Waals surface area contributed by atoms with Crippen LogP contribution in [0.25, 0.3) is 0 Å². The fraction of sp³-hybridized carbons (Fsp3) is 0.735. The van der Waals surface area contributed by atoms with E-state index in [0.717, 1.165) is 75.5 Å². The summed E-state index contributed by atoms with van der Waals surface area (Å²) in [7, 11) is 0. The van der Waals surface area contributed by atoms with Gasteiger partial charge in [0.2, 0.25) is 11.8 Å². The number of benzene rings is 1. The van der Waals surface area contributed by atoms with E-state index in [9.17, 15) is 14.4 Å². The average Bonchev–Trinajstić information content (AvgIpc) is 3.51. The van der Waals surface area contributed by atoms with Crippen molar-refractivity contribution in [2.24, 2.45) is 11.8 Å². The quantitative estimate of drug-likeness (QED) is 0.0712. The molecular formula is C34H55N3O6. The minimum Gasteiger partial charge on any atom is -0.461 e. The van der Waals surface area contributed by atoms with Gasteiger partial charge in [-0.2, -0.15) is 0 Å². The highest BCUT2D eigenvalue weighted by Crippen LogP contribution is 2.29. The van der Waals surface area contributed by atoms with Crippen LogP contribution in [0.3, 0.4) is 0 Å². The second-order valence-corrected chi connectivity index (χ2v) is 12.7. The molecule has 0 saturated heterocycles. The molecule has 0 aromatic heterocycles. The molecule has 3 N–H and O–H groups in total. The number of amides is 2. The maximum absolute atomic E-state index is 13.1. The van der Waals surface area contributed by atoms with Gasteiger partial charge in [0, 0.05) is 25.1 Å². The van der Waals surface area contributed by atoms with Crippen LogP contribution >= 0.6 is 0 Å². The molecular weight excluding hydrogens is 546 g/mol. The highest BCUT2D eigenvalue weighted by atomic mass is 16.8. The lowest BCUT2D eigenvalue weighted by atomic mass is 9.83. The van der Waals surface area contributed by atoms with Crippen LogP contribution in [0.1, 0.15) is 123 Å². The third kappa shape index (κ3) is 14.2. The lowest BCUT2D eigenvalue weighted by molar-refractivity contribution is -0.183. The molecule has 2 aliphatic carbocycles. The maximum Gasteiger partial charge on any atom is 0.323 e. The predicted molar refractivity (Wildman–Crippen MR) is 168 cm³/mol. The number of hydroxylamine groups is 1. The lowest BCUT2D eigenvalue weighted by Gasteiger charge is -2.30. The molecule has 2 fully saturated rings. The monoisotopic (exact) mass is 601 g/mol. The molecule has 1 aromatic rings.